The largest absolute Gasteiger partial charge is 0.449 e. The number of rotatable bonds is 30. The molecule has 24 heteroatoms. The van der Waals surface area contributed by atoms with E-state index in [1.165, 1.54) is 12.1 Å². The molecule has 9 rings (SSSR count). The van der Waals surface area contributed by atoms with E-state index in [1.807, 2.05) is 113 Å². The normalized spacial score (nSPS) is 12.9. The molecule has 0 fully saturated rings. The number of primary amides is 2. The van der Waals surface area contributed by atoms with Crippen molar-refractivity contribution in [2.45, 2.75) is 103 Å². The first-order valence-corrected chi connectivity index (χ1v) is 32.8. The molecule has 514 valence electrons. The number of carbonyl (C=O) groups is 8. The molecule has 2 aliphatic rings. The number of hydrogen-bond acceptors (Lipinski definition) is 14. The second kappa shape index (κ2) is 37.0. The highest BCUT2D eigenvalue weighted by Gasteiger charge is 2.35. The molecule has 11 N–H and O–H groups in total. The second-order valence-electron chi connectivity index (χ2n) is 24.6. The molecule has 2 aliphatic carbocycles. The van der Waals surface area contributed by atoms with Gasteiger partial charge < -0.3 is 57.9 Å². The van der Waals surface area contributed by atoms with Gasteiger partial charge in [-0.25, -0.2) is 19.2 Å². The fourth-order valence-corrected chi connectivity index (χ4v) is 12.1. The number of amides is 8. The summed E-state index contributed by atoms with van der Waals surface area (Å²) in [6.45, 7) is 7.86. The van der Waals surface area contributed by atoms with Crippen LogP contribution in [-0.4, -0.2) is 96.0 Å². The van der Waals surface area contributed by atoms with Gasteiger partial charge in [0.2, 0.25) is 11.8 Å². The van der Waals surface area contributed by atoms with Crippen LogP contribution >= 0.6 is 9.12 Å². The van der Waals surface area contributed by atoms with E-state index < -0.39 is 53.1 Å². The van der Waals surface area contributed by atoms with Gasteiger partial charge in [-0.1, -0.05) is 161 Å². The van der Waals surface area contributed by atoms with Crippen LogP contribution in [0.4, 0.5) is 36.2 Å². The third kappa shape index (κ3) is 21.2. The van der Waals surface area contributed by atoms with Crippen molar-refractivity contribution in [3.8, 4) is 22.3 Å². The van der Waals surface area contributed by atoms with Crippen LogP contribution in [0.1, 0.15) is 117 Å². The number of Topliss-reactive ketones (excluding diaryl/α,β-unsaturated/α-hetero) is 2. The minimum Gasteiger partial charge on any atom is -0.449 e. The zero-order valence-electron chi connectivity index (χ0n) is 55.1. The molecule has 0 radical (unpaired) electrons. The lowest BCUT2D eigenvalue weighted by molar-refractivity contribution is -0.384. The molecular weight excluding hydrogens is 1270 g/mol. The van der Waals surface area contributed by atoms with Gasteiger partial charge in [-0.2, -0.15) is 0 Å². The highest BCUT2D eigenvalue weighted by Crippen LogP contribution is 2.46. The predicted molar refractivity (Wildman–Crippen MR) is 374 cm³/mol. The number of alkyl carbamates (subject to hydrolysis) is 2. The Morgan fingerprint density at radius 2 is 0.827 bits per heavy atom. The number of urea groups is 2. The Morgan fingerprint density at radius 3 is 1.14 bits per heavy atom. The summed E-state index contributed by atoms with van der Waals surface area (Å²) in [4.78, 5) is 113. The Balaban J connectivity index is 0.000000273. The van der Waals surface area contributed by atoms with Crippen LogP contribution in [0, 0.1) is 33.8 Å². The molecule has 0 saturated heterocycles. The minimum absolute atomic E-state index is 0.0213. The third-order valence-corrected chi connectivity index (χ3v) is 17.1. The lowest BCUT2D eigenvalue weighted by Gasteiger charge is -2.24. The number of fused-ring (bicyclic) bond motifs is 6. The fraction of sp³-hybridized carbons (Fsp3) is 0.324. The van der Waals surface area contributed by atoms with Crippen LogP contribution < -0.4 is 43.4 Å². The monoisotopic (exact) mass is 1350 g/mol. The maximum Gasteiger partial charge on any atom is 0.407 e. The van der Waals surface area contributed by atoms with Crippen molar-refractivity contribution < 1.29 is 62.4 Å². The molecule has 4 atom stereocenters. The number of ketones is 2. The summed E-state index contributed by atoms with van der Waals surface area (Å²) < 4.78 is 19.4. The van der Waals surface area contributed by atoms with Gasteiger partial charge in [0, 0.05) is 73.1 Å². The molecule has 0 bridgehead atoms. The van der Waals surface area contributed by atoms with Crippen LogP contribution in [0.2, 0.25) is 0 Å². The standard InChI is InChI=1S/C40H43N5O7.C34H40N4O6.HOP/c1-25(2)37(44-40(49)52-24-35-33-11-5-3-9-31(33)32-10-4-6-12-34(32)35)36(46)23-28(8-7-21-42-39(41)48)38(47)43-29-17-13-26(14-18-29)22-27-15-19-30(20-16-27)45(50)51;1-21(2)31(38-34(43)44-20-29-27-11-5-3-9-25(27)26-10-4-6-12-28(26)29)30(40)18-23(8-7-17-36-33(35)42)32(41)37-24-15-13-22(19-39)14-16-24;1-2/h3-6,9-20,25,28,35,37H,7-8,21-24H2,1-2H3,(H,43,47)(H,44,49)(H3,41,42,48);3-6,9-16,21,23,29,31,39H,7-8,17-20H2,1-2H3,(H,37,41)(H,38,43)(H3,35,36,42);2H/t28-,37+;23-,31+;/m11./s1. The van der Waals surface area contributed by atoms with Gasteiger partial charge in [-0.05, 0) is 129 Å². The third-order valence-electron chi connectivity index (χ3n) is 17.1. The average Bonchev–Trinajstić information content (AvgIpc) is 1.63. The minimum atomic E-state index is -0.895. The Bertz CT molecular complexity index is 3820. The SMILES string of the molecule is CC(C)[C@H](NC(=O)OCC1c2ccccc2-c2ccccc21)C(=O)C[C@@H](CCCNC(N)=O)C(=O)Nc1ccc(CO)cc1.CC(C)[C@H](NC(=O)OCC1c2ccccc2-c2ccccc21)C(=O)C[C@@H](CCCNC(N)=O)C(=O)Nc1ccc(Cc2ccc([N+](=O)[O-])cc2)cc1.O=P. The molecule has 98 heavy (non-hydrogen) atoms. The average molecular weight is 1350 g/mol. The number of nitro groups is 1. The fourth-order valence-electron chi connectivity index (χ4n) is 12.1. The van der Waals surface area contributed by atoms with Crippen molar-refractivity contribution in [1.29, 1.82) is 0 Å². The smallest absolute Gasteiger partial charge is 0.407 e. The Labute approximate surface area is 571 Å². The number of carbonyl (C=O) groups excluding carboxylic acids is 8. The van der Waals surface area contributed by atoms with Crippen molar-refractivity contribution in [3.05, 3.63) is 219 Å². The number of non-ortho nitro benzene ring substituents is 1. The van der Waals surface area contributed by atoms with Gasteiger partial charge in [0.25, 0.3) is 5.69 Å². The van der Waals surface area contributed by atoms with E-state index in [2.05, 4.69) is 56.2 Å². The van der Waals surface area contributed by atoms with Gasteiger partial charge in [0.15, 0.2) is 11.6 Å². The van der Waals surface area contributed by atoms with Crippen molar-refractivity contribution >= 4 is 73.8 Å². The maximum atomic E-state index is 13.7. The van der Waals surface area contributed by atoms with Crippen LogP contribution in [0.15, 0.2) is 170 Å². The Kier molecular flexibility index (Phi) is 28.2. The van der Waals surface area contributed by atoms with E-state index in [0.29, 0.717) is 42.6 Å². The first-order chi connectivity index (χ1) is 47.2. The lowest BCUT2D eigenvalue weighted by Crippen LogP contribution is -2.46. The molecule has 0 aliphatic heterocycles. The number of ether oxygens (including phenoxy) is 2. The van der Waals surface area contributed by atoms with Gasteiger partial charge in [0.1, 0.15) is 22.3 Å². The van der Waals surface area contributed by atoms with Crippen LogP contribution in [0.3, 0.4) is 0 Å². The van der Waals surface area contributed by atoms with E-state index in [4.69, 9.17) is 25.5 Å². The molecule has 7 aromatic carbocycles. The predicted octanol–water partition coefficient (Wildman–Crippen LogP) is 11.9. The summed E-state index contributed by atoms with van der Waals surface area (Å²) in [7, 11) is 1.72. The molecule has 0 aromatic heterocycles. The molecule has 0 unspecified atom stereocenters. The molecular formula is C74H84N9O14P. The van der Waals surface area contributed by atoms with Crippen molar-refractivity contribution in [2.24, 2.45) is 35.1 Å². The van der Waals surface area contributed by atoms with E-state index in [9.17, 15) is 53.6 Å². The van der Waals surface area contributed by atoms with Crippen molar-refractivity contribution in [3.63, 3.8) is 0 Å². The van der Waals surface area contributed by atoms with Gasteiger partial charge >= 0.3 is 24.2 Å². The number of anilines is 2. The summed E-state index contributed by atoms with van der Waals surface area (Å²) in [5, 5.41) is 36.4. The van der Waals surface area contributed by atoms with E-state index in [0.717, 1.165) is 55.6 Å². The van der Waals surface area contributed by atoms with E-state index in [1.54, 1.807) is 57.7 Å². The zero-order valence-corrected chi connectivity index (χ0v) is 56.1. The summed E-state index contributed by atoms with van der Waals surface area (Å²) in [6.07, 6.45) is 0.274. The first-order valence-electron chi connectivity index (χ1n) is 32.4. The highest BCUT2D eigenvalue weighted by atomic mass is 31.0. The lowest BCUT2D eigenvalue weighted by atomic mass is 9.89. The van der Waals surface area contributed by atoms with Crippen LogP contribution in [0.5, 0.6) is 0 Å². The van der Waals surface area contributed by atoms with Crippen LogP contribution in [-0.2, 0) is 46.2 Å². The number of aliphatic hydroxyl groups excluding tert-OH is 1. The van der Waals surface area contributed by atoms with E-state index >= 15 is 0 Å². The molecule has 8 amide bonds. The summed E-state index contributed by atoms with van der Waals surface area (Å²) in [6, 6.07) is 49.3. The number of hydrogen-bond donors (Lipinski definition) is 9. The molecule has 0 saturated carbocycles. The van der Waals surface area contributed by atoms with Crippen molar-refractivity contribution in [2.75, 3.05) is 36.9 Å². The summed E-state index contributed by atoms with van der Waals surface area (Å²) >= 11 is 0. The Hall–Kier alpha value is -10.6. The van der Waals surface area contributed by atoms with Gasteiger partial charge in [-0.15, -0.1) is 0 Å². The molecule has 0 spiro atoms. The number of aliphatic hydroxyl groups is 1. The number of nitrogens with two attached hydrogens (primary N) is 2. The number of benzene rings is 7. The molecule has 23 nitrogen and oxygen atoms in total. The summed E-state index contributed by atoms with van der Waals surface area (Å²) in [5.74, 6) is -3.62. The maximum absolute atomic E-state index is 13.7. The van der Waals surface area contributed by atoms with Gasteiger partial charge in [-0.3, -0.25) is 33.9 Å². The number of nitro benzene ring substituents is 1. The number of nitrogens with zero attached hydrogens (tertiary/aromatic N) is 1. The quantitative estimate of drug-likeness (QED) is 0.00875. The topological polar surface area (TPSA) is 360 Å². The zero-order chi connectivity index (χ0) is 70.8. The summed E-state index contributed by atoms with van der Waals surface area (Å²) in [5.41, 5.74) is 22.7. The number of nitrogens with one attached hydrogen (secondary N) is 6. The van der Waals surface area contributed by atoms with Crippen molar-refractivity contribution in [1.82, 2.24) is 21.3 Å². The molecule has 0 heterocycles. The highest BCUT2D eigenvalue weighted by molar-refractivity contribution is 7.00. The van der Waals surface area contributed by atoms with Crippen LogP contribution in [0.25, 0.3) is 22.3 Å². The second-order valence-corrected chi connectivity index (χ2v) is 24.6. The van der Waals surface area contributed by atoms with Gasteiger partial charge in [0.05, 0.1) is 23.6 Å². The van der Waals surface area contributed by atoms with E-state index in [-0.39, 0.29) is 105 Å². The first kappa shape index (κ1) is 74.8. The Morgan fingerprint density at radius 1 is 0.500 bits per heavy atom. The molecule has 7 aromatic rings.